The number of benzene rings is 2. The maximum Gasteiger partial charge on any atom is 0.264 e. The quantitative estimate of drug-likeness (QED) is 0.382. The summed E-state index contributed by atoms with van der Waals surface area (Å²) in [5.74, 6) is 0. The van der Waals surface area contributed by atoms with Gasteiger partial charge in [0, 0.05) is 4.92 Å². The molecular formula is C21H25NO8. The number of hydrogen-bond acceptors (Lipinski definition) is 8. The molecule has 30 heavy (non-hydrogen) atoms. The van der Waals surface area contributed by atoms with Gasteiger partial charge in [0.1, 0.15) is 24.9 Å². The zero-order valence-corrected chi connectivity index (χ0v) is 16.2. The highest BCUT2D eigenvalue weighted by Gasteiger charge is 2.51. The Morgan fingerprint density at radius 1 is 1.00 bits per heavy atom. The van der Waals surface area contributed by atoms with E-state index in [4.69, 9.17) is 14.2 Å². The van der Waals surface area contributed by atoms with Crippen LogP contribution in [0.3, 0.4) is 0 Å². The molecule has 0 amide bonds. The third-order valence-electron chi connectivity index (χ3n) is 4.94. The lowest BCUT2D eigenvalue weighted by Crippen LogP contribution is -2.50. The van der Waals surface area contributed by atoms with Crippen LogP contribution in [0.4, 0.5) is 0 Å². The van der Waals surface area contributed by atoms with Crippen LogP contribution in [0.5, 0.6) is 0 Å². The predicted molar refractivity (Wildman–Crippen MR) is 105 cm³/mol. The first-order valence-electron chi connectivity index (χ1n) is 9.57. The number of aliphatic hydroxyl groups is 3. The molecule has 3 N–H and O–H groups in total. The van der Waals surface area contributed by atoms with E-state index in [1.54, 1.807) is 12.1 Å². The summed E-state index contributed by atoms with van der Waals surface area (Å²) in [5, 5.41) is 42.2. The molecule has 6 atom stereocenters. The number of nitro groups is 1. The number of aliphatic hydroxyl groups excluding tert-OH is 3. The molecule has 0 radical (unpaired) electrons. The molecule has 2 aromatic rings. The molecule has 162 valence electrons. The summed E-state index contributed by atoms with van der Waals surface area (Å²) in [6, 6.07) is 16.7. The number of rotatable bonds is 10. The van der Waals surface area contributed by atoms with Crippen molar-refractivity contribution < 1.29 is 34.5 Å². The molecule has 2 unspecified atom stereocenters. The van der Waals surface area contributed by atoms with Crippen LogP contribution < -0.4 is 0 Å². The summed E-state index contributed by atoms with van der Waals surface area (Å²) in [6.45, 7) is -0.154. The van der Waals surface area contributed by atoms with E-state index < -0.39 is 41.7 Å². The first-order chi connectivity index (χ1) is 14.5. The van der Waals surface area contributed by atoms with Crippen molar-refractivity contribution in [2.45, 2.75) is 50.0 Å². The maximum atomic E-state index is 11.5. The highest BCUT2D eigenvalue weighted by Crippen LogP contribution is 2.28. The first kappa shape index (κ1) is 22.3. The minimum atomic E-state index is -1.66. The average molecular weight is 419 g/mol. The Morgan fingerprint density at radius 2 is 1.57 bits per heavy atom. The fraction of sp³-hybridized carbons (Fsp3) is 0.429. The van der Waals surface area contributed by atoms with E-state index >= 15 is 0 Å². The third kappa shape index (κ3) is 5.60. The van der Waals surface area contributed by atoms with Crippen molar-refractivity contribution >= 4 is 0 Å². The normalized spacial score (nSPS) is 25.7. The van der Waals surface area contributed by atoms with Crippen LogP contribution in [-0.4, -0.2) is 63.6 Å². The molecule has 2 aromatic carbocycles. The van der Waals surface area contributed by atoms with Gasteiger partial charge in [-0.1, -0.05) is 60.7 Å². The predicted octanol–water partition coefficient (Wildman–Crippen LogP) is 0.873. The van der Waals surface area contributed by atoms with Gasteiger partial charge in [-0.25, -0.2) is 0 Å². The lowest BCUT2D eigenvalue weighted by atomic mass is 10.00. The van der Waals surface area contributed by atoms with E-state index in [1.807, 2.05) is 48.5 Å². The van der Waals surface area contributed by atoms with Gasteiger partial charge in [0.2, 0.25) is 0 Å². The molecule has 0 aromatic heterocycles. The third-order valence-corrected chi connectivity index (χ3v) is 4.94. The summed E-state index contributed by atoms with van der Waals surface area (Å²) < 4.78 is 16.3. The number of nitrogens with zero attached hydrogens (tertiary/aromatic N) is 1. The highest BCUT2D eigenvalue weighted by atomic mass is 16.7. The van der Waals surface area contributed by atoms with Crippen LogP contribution >= 0.6 is 0 Å². The van der Waals surface area contributed by atoms with Crippen molar-refractivity contribution in [3.63, 3.8) is 0 Å². The average Bonchev–Trinajstić information content (AvgIpc) is 3.04. The van der Waals surface area contributed by atoms with Crippen LogP contribution in [0.15, 0.2) is 60.7 Å². The van der Waals surface area contributed by atoms with Gasteiger partial charge in [-0.3, -0.25) is 10.1 Å². The standard InChI is InChI=1S/C21H25NO8/c23-17(16(22(26)27)13-28-11-14-7-3-1-4-8-14)20-19(18(24)21(25)30-20)29-12-15-9-5-2-6-10-15/h1-10,16-21,23-25H,11-13H2/t16?,17-,18-,19-,20-,21?/m1/s1. The van der Waals surface area contributed by atoms with E-state index in [1.165, 1.54) is 0 Å². The molecule has 1 fully saturated rings. The highest BCUT2D eigenvalue weighted by molar-refractivity contribution is 5.14. The first-order valence-corrected chi connectivity index (χ1v) is 9.57. The van der Waals surface area contributed by atoms with Gasteiger partial charge < -0.3 is 29.5 Å². The van der Waals surface area contributed by atoms with Crippen LogP contribution in [-0.2, 0) is 27.4 Å². The second-order valence-corrected chi connectivity index (χ2v) is 7.09. The zero-order valence-electron chi connectivity index (χ0n) is 16.2. The van der Waals surface area contributed by atoms with Gasteiger partial charge in [0.15, 0.2) is 12.4 Å². The van der Waals surface area contributed by atoms with E-state index in [2.05, 4.69) is 0 Å². The molecule has 9 nitrogen and oxygen atoms in total. The van der Waals surface area contributed by atoms with Crippen molar-refractivity contribution in [1.82, 2.24) is 0 Å². The Hall–Kier alpha value is -2.40. The topological polar surface area (TPSA) is 132 Å². The lowest BCUT2D eigenvalue weighted by Gasteiger charge is -2.26. The Balaban J connectivity index is 1.63. The van der Waals surface area contributed by atoms with Crippen LogP contribution in [0.25, 0.3) is 0 Å². The van der Waals surface area contributed by atoms with Crippen molar-refractivity contribution in [3.8, 4) is 0 Å². The lowest BCUT2D eigenvalue weighted by molar-refractivity contribution is -0.542. The molecule has 9 heteroatoms. The summed E-state index contributed by atoms with van der Waals surface area (Å²) >= 11 is 0. The van der Waals surface area contributed by atoms with Crippen LogP contribution in [0.2, 0.25) is 0 Å². The number of ether oxygens (including phenoxy) is 3. The van der Waals surface area contributed by atoms with Gasteiger partial charge in [0.05, 0.1) is 13.2 Å². The molecule has 1 aliphatic heterocycles. The minimum Gasteiger partial charge on any atom is -0.385 e. The van der Waals surface area contributed by atoms with Gasteiger partial charge in [-0.05, 0) is 11.1 Å². The van der Waals surface area contributed by atoms with Crippen molar-refractivity contribution in [1.29, 1.82) is 0 Å². The zero-order chi connectivity index (χ0) is 21.5. The molecule has 1 saturated heterocycles. The second-order valence-electron chi connectivity index (χ2n) is 7.09. The van der Waals surface area contributed by atoms with Gasteiger partial charge in [-0.2, -0.15) is 0 Å². The summed E-state index contributed by atoms with van der Waals surface area (Å²) in [6.07, 6.45) is -7.18. The molecule has 0 spiro atoms. The van der Waals surface area contributed by atoms with E-state index in [0.717, 1.165) is 11.1 Å². The molecular weight excluding hydrogens is 394 g/mol. The molecule has 0 saturated carbocycles. The Kier molecular flexibility index (Phi) is 7.86. The van der Waals surface area contributed by atoms with E-state index in [9.17, 15) is 25.4 Å². The molecule has 3 rings (SSSR count). The van der Waals surface area contributed by atoms with Gasteiger partial charge >= 0.3 is 0 Å². The molecule has 0 aliphatic carbocycles. The van der Waals surface area contributed by atoms with Crippen LogP contribution in [0, 0.1) is 10.1 Å². The summed E-state index contributed by atoms with van der Waals surface area (Å²) in [7, 11) is 0. The monoisotopic (exact) mass is 419 g/mol. The fourth-order valence-corrected chi connectivity index (χ4v) is 3.29. The SMILES string of the molecule is O=[N+]([O-])C(COCc1ccccc1)[C@@H](O)[C@H]1OC(O)[C@H](O)[C@H]1OCc1ccccc1. The van der Waals surface area contributed by atoms with Crippen molar-refractivity contribution in [2.24, 2.45) is 0 Å². The minimum absolute atomic E-state index is 0.0789. The maximum absolute atomic E-state index is 11.5. The Labute approximate surface area is 173 Å². The fourth-order valence-electron chi connectivity index (χ4n) is 3.29. The van der Waals surface area contributed by atoms with E-state index in [-0.39, 0.29) is 19.8 Å². The van der Waals surface area contributed by atoms with Crippen LogP contribution in [0.1, 0.15) is 11.1 Å². The smallest absolute Gasteiger partial charge is 0.264 e. The van der Waals surface area contributed by atoms with Crippen molar-refractivity contribution in [3.05, 3.63) is 81.9 Å². The van der Waals surface area contributed by atoms with Gasteiger partial charge in [-0.15, -0.1) is 0 Å². The molecule has 0 bridgehead atoms. The summed E-state index contributed by atoms with van der Waals surface area (Å²) in [4.78, 5) is 10.9. The number of hydrogen-bond donors (Lipinski definition) is 3. The van der Waals surface area contributed by atoms with Crippen molar-refractivity contribution in [2.75, 3.05) is 6.61 Å². The largest absolute Gasteiger partial charge is 0.385 e. The second kappa shape index (κ2) is 10.6. The van der Waals surface area contributed by atoms with Gasteiger partial charge in [0.25, 0.3) is 6.04 Å². The summed E-state index contributed by atoms with van der Waals surface area (Å²) in [5.41, 5.74) is 1.64. The Morgan fingerprint density at radius 3 is 2.13 bits per heavy atom. The molecule has 1 aliphatic rings. The molecule has 1 heterocycles. The van der Waals surface area contributed by atoms with E-state index in [0.29, 0.717) is 0 Å². The Bertz CT molecular complexity index is 790.